The van der Waals surface area contributed by atoms with Crippen molar-refractivity contribution in [2.75, 3.05) is 25.0 Å². The molecule has 182 valence electrons. The second kappa shape index (κ2) is 12.4. The molecule has 2 N–H and O–H groups in total. The molecule has 1 aromatic heterocycles. The number of benzene rings is 1. The second-order valence-corrected chi connectivity index (χ2v) is 10.8. The van der Waals surface area contributed by atoms with E-state index in [0.717, 1.165) is 29.7 Å². The molecule has 1 aliphatic rings. The minimum absolute atomic E-state index is 0.318. The normalized spacial score (nSPS) is 17.7. The quantitative estimate of drug-likeness (QED) is 0.393. The van der Waals surface area contributed by atoms with Gasteiger partial charge in [0.05, 0.1) is 0 Å². The number of nitrogens with zero attached hydrogens (tertiary/aromatic N) is 3. The molecule has 0 radical (unpaired) electrons. The number of carbonyl (C=O) groups excluding carboxylic acids is 1. The van der Waals surface area contributed by atoms with Gasteiger partial charge in [-0.1, -0.05) is 24.3 Å². The van der Waals surface area contributed by atoms with E-state index >= 15 is 0 Å². The molecule has 1 saturated heterocycles. The van der Waals surface area contributed by atoms with Gasteiger partial charge in [0.15, 0.2) is 0 Å². The first-order valence-electron chi connectivity index (χ1n) is 11.5. The summed E-state index contributed by atoms with van der Waals surface area (Å²) in [7, 11) is 2.25. The van der Waals surface area contributed by atoms with Crippen molar-refractivity contribution < 1.29 is 9.53 Å². The average Bonchev–Trinajstić information content (AvgIpc) is 3.03. The van der Waals surface area contributed by atoms with Gasteiger partial charge in [-0.3, -0.25) is 9.93 Å². The maximum Gasteiger partial charge on any atom is 0.293 e. The summed E-state index contributed by atoms with van der Waals surface area (Å²) in [4.78, 5) is 19.1. The number of carbonyl (C=O) groups is 1. The molecule has 1 unspecified atom stereocenters. The van der Waals surface area contributed by atoms with Crippen molar-refractivity contribution in [1.29, 1.82) is 0 Å². The Bertz CT molecular complexity index is 855. The smallest absolute Gasteiger partial charge is 0.293 e. The number of aromatic nitrogens is 1. The highest BCUT2D eigenvalue weighted by Gasteiger charge is 2.35. The zero-order valence-electron chi connectivity index (χ0n) is 21.0. The van der Waals surface area contributed by atoms with Crippen LogP contribution in [0, 0.1) is 5.92 Å². The molecular weight excluding hydrogens is 432 g/mol. The van der Waals surface area contributed by atoms with Crippen LogP contribution in [0.4, 0.5) is 11.5 Å². The van der Waals surface area contributed by atoms with E-state index in [1.54, 1.807) is 0 Å². The Morgan fingerprint density at radius 3 is 2.42 bits per heavy atom. The lowest BCUT2D eigenvalue weighted by Crippen LogP contribution is -2.34. The third-order valence-electron chi connectivity index (χ3n) is 5.92. The van der Waals surface area contributed by atoms with Gasteiger partial charge < -0.3 is 14.5 Å². The van der Waals surface area contributed by atoms with E-state index in [-0.39, 0.29) is 5.60 Å². The molecule has 1 fully saturated rings. The highest BCUT2D eigenvalue weighted by molar-refractivity contribution is 7.97. The number of pyridine rings is 1. The lowest BCUT2D eigenvalue weighted by Gasteiger charge is -2.26. The van der Waals surface area contributed by atoms with Crippen LogP contribution in [-0.4, -0.2) is 47.6 Å². The molecule has 7 heteroatoms. The Kier molecular flexibility index (Phi) is 10.2. The van der Waals surface area contributed by atoms with Crippen molar-refractivity contribution >= 4 is 29.9 Å². The van der Waals surface area contributed by atoms with Crippen LogP contribution < -0.4 is 10.0 Å². The van der Waals surface area contributed by atoms with E-state index in [4.69, 9.17) is 10.1 Å². The van der Waals surface area contributed by atoms with Crippen molar-refractivity contribution in [3.8, 4) is 0 Å². The Morgan fingerprint density at radius 2 is 1.91 bits per heavy atom. The first-order chi connectivity index (χ1) is 15.6. The Labute approximate surface area is 204 Å². The van der Waals surface area contributed by atoms with Gasteiger partial charge in [-0.15, -0.1) is 0 Å². The SMILES string of the molecule is CC(C)(C)OC=O.CN1CC(CCCN(c2ccccc2)c2cccc(SN)n2)CC1(C)C. The van der Waals surface area contributed by atoms with Crippen LogP contribution in [0.5, 0.6) is 0 Å². The van der Waals surface area contributed by atoms with Crippen LogP contribution in [-0.2, 0) is 9.53 Å². The summed E-state index contributed by atoms with van der Waals surface area (Å²) in [6.45, 7) is 12.8. The zero-order chi connectivity index (χ0) is 24.5. The van der Waals surface area contributed by atoms with Crippen LogP contribution in [0.15, 0.2) is 53.6 Å². The average molecular weight is 473 g/mol. The van der Waals surface area contributed by atoms with Crippen molar-refractivity contribution in [2.24, 2.45) is 11.1 Å². The maximum atomic E-state index is 9.60. The van der Waals surface area contributed by atoms with E-state index in [2.05, 4.69) is 71.8 Å². The molecule has 0 saturated carbocycles. The third kappa shape index (κ3) is 8.99. The molecule has 6 nitrogen and oxygen atoms in total. The lowest BCUT2D eigenvalue weighted by molar-refractivity contribution is -0.138. The van der Waals surface area contributed by atoms with Gasteiger partial charge in [0, 0.05) is 24.3 Å². The molecular formula is C26H40N4O2S. The van der Waals surface area contributed by atoms with Gasteiger partial charge in [-0.25, -0.2) is 4.98 Å². The van der Waals surface area contributed by atoms with Crippen molar-refractivity contribution in [2.45, 2.75) is 70.0 Å². The molecule has 0 spiro atoms. The van der Waals surface area contributed by atoms with Crippen molar-refractivity contribution in [3.05, 3.63) is 48.5 Å². The van der Waals surface area contributed by atoms with Crippen LogP contribution in [0.1, 0.15) is 53.9 Å². The summed E-state index contributed by atoms with van der Waals surface area (Å²) < 4.78 is 4.55. The number of hydrogen-bond donors (Lipinski definition) is 1. The highest BCUT2D eigenvalue weighted by atomic mass is 32.2. The highest BCUT2D eigenvalue weighted by Crippen LogP contribution is 2.34. The molecule has 3 rings (SSSR count). The van der Waals surface area contributed by atoms with Gasteiger partial charge in [0.2, 0.25) is 0 Å². The third-order valence-corrected chi connectivity index (χ3v) is 6.39. The molecule has 1 atom stereocenters. The standard InChI is InChI=1S/C21H30N4S.C5H10O2/c1-21(2)15-17(16-24(21)3)9-8-14-25(18-10-5-4-6-11-18)19-12-7-13-20(23-19)26-22;1-5(2,3)7-4-6/h4-7,10-13,17H,8-9,14-16,22H2,1-3H3;4H,1-3H3. The molecule has 1 aliphatic heterocycles. The molecule has 0 bridgehead atoms. The number of rotatable bonds is 8. The van der Waals surface area contributed by atoms with E-state index in [1.807, 2.05) is 32.9 Å². The number of nitrogens with two attached hydrogens (primary N) is 1. The molecule has 2 aromatic rings. The monoisotopic (exact) mass is 472 g/mol. The topological polar surface area (TPSA) is 71.7 Å². The van der Waals surface area contributed by atoms with Gasteiger partial charge in [0.25, 0.3) is 6.47 Å². The second-order valence-electron chi connectivity index (χ2n) is 10.2. The number of para-hydroxylation sites is 1. The molecule has 1 aromatic carbocycles. The molecule has 2 heterocycles. The predicted molar refractivity (Wildman–Crippen MR) is 139 cm³/mol. The molecule has 0 amide bonds. The lowest BCUT2D eigenvalue weighted by atomic mass is 9.93. The zero-order valence-corrected chi connectivity index (χ0v) is 21.8. The van der Waals surface area contributed by atoms with E-state index < -0.39 is 0 Å². The fourth-order valence-corrected chi connectivity index (χ4v) is 4.34. The maximum absolute atomic E-state index is 9.60. The first-order valence-corrected chi connectivity index (χ1v) is 12.4. The summed E-state index contributed by atoms with van der Waals surface area (Å²) in [6, 6.07) is 16.6. The number of anilines is 2. The number of ether oxygens (including phenoxy) is 1. The largest absolute Gasteiger partial charge is 0.462 e. The fraction of sp³-hybridized carbons (Fsp3) is 0.538. The minimum Gasteiger partial charge on any atom is -0.462 e. The summed E-state index contributed by atoms with van der Waals surface area (Å²) in [6.07, 6.45) is 3.69. The number of hydrogen-bond acceptors (Lipinski definition) is 7. The summed E-state index contributed by atoms with van der Waals surface area (Å²) in [5.41, 5.74) is 1.20. The van der Waals surface area contributed by atoms with Gasteiger partial charge in [0.1, 0.15) is 16.4 Å². The van der Waals surface area contributed by atoms with Crippen molar-refractivity contribution in [1.82, 2.24) is 9.88 Å². The van der Waals surface area contributed by atoms with Crippen LogP contribution in [0.3, 0.4) is 0 Å². The van der Waals surface area contributed by atoms with Gasteiger partial charge >= 0.3 is 0 Å². The summed E-state index contributed by atoms with van der Waals surface area (Å²) >= 11 is 1.20. The summed E-state index contributed by atoms with van der Waals surface area (Å²) in [5, 5.41) is 6.56. The number of likely N-dealkylation sites (tertiary alicyclic amines) is 1. The fourth-order valence-electron chi connectivity index (χ4n) is 4.04. The van der Waals surface area contributed by atoms with Crippen LogP contribution >= 0.6 is 11.9 Å². The predicted octanol–water partition coefficient (Wildman–Crippen LogP) is 5.65. The minimum atomic E-state index is -0.318. The van der Waals surface area contributed by atoms with Crippen molar-refractivity contribution in [3.63, 3.8) is 0 Å². The van der Waals surface area contributed by atoms with E-state index in [9.17, 15) is 4.79 Å². The first kappa shape index (κ1) is 27.2. The van der Waals surface area contributed by atoms with Gasteiger partial charge in [-0.05, 0) is 103 Å². The van der Waals surface area contributed by atoms with E-state index in [0.29, 0.717) is 12.0 Å². The Balaban J connectivity index is 0.000000479. The molecule has 33 heavy (non-hydrogen) atoms. The Hall–Kier alpha value is -2.09. The Morgan fingerprint density at radius 1 is 1.21 bits per heavy atom. The van der Waals surface area contributed by atoms with E-state index in [1.165, 1.54) is 37.0 Å². The van der Waals surface area contributed by atoms with Crippen LogP contribution in [0.25, 0.3) is 0 Å². The molecule has 0 aliphatic carbocycles. The van der Waals surface area contributed by atoms with Gasteiger partial charge in [-0.2, -0.15) is 0 Å². The summed E-state index contributed by atoms with van der Waals surface area (Å²) in [5.74, 6) is 1.75. The van der Waals surface area contributed by atoms with Crippen LogP contribution in [0.2, 0.25) is 0 Å².